The molecule has 0 aromatic rings. The van der Waals surface area contributed by atoms with Gasteiger partial charge in [0.15, 0.2) is 6.10 Å². The third-order valence-electron chi connectivity index (χ3n) is 2.30. The largest absolute Gasteiger partial charge is 0.479 e. The Morgan fingerprint density at radius 3 is 2.37 bits per heavy atom. The van der Waals surface area contributed by atoms with Gasteiger partial charge in [-0.05, 0) is 13.3 Å². The molecule has 0 heterocycles. The van der Waals surface area contributed by atoms with Gasteiger partial charge in [0, 0.05) is 13.7 Å². The van der Waals surface area contributed by atoms with Gasteiger partial charge in [-0.25, -0.2) is 9.59 Å². The fraction of sp³-hybridized carbons (Fsp3) is 0.727. The molecular formula is C11H21N3O5. The number of aliphatic carboxylic acids is 1. The van der Waals surface area contributed by atoms with E-state index in [2.05, 4.69) is 20.7 Å². The molecule has 0 spiro atoms. The number of ether oxygens (including phenoxy) is 1. The maximum Gasteiger partial charge on any atom is 0.334 e. The summed E-state index contributed by atoms with van der Waals surface area (Å²) in [5.74, 6) is -1.46. The van der Waals surface area contributed by atoms with Crippen LogP contribution in [0.15, 0.2) is 0 Å². The minimum atomic E-state index is -1.17. The van der Waals surface area contributed by atoms with E-state index in [1.54, 1.807) is 0 Å². The Balaban J connectivity index is 4.03. The Kier molecular flexibility index (Phi) is 8.27. The average molecular weight is 275 g/mol. The van der Waals surface area contributed by atoms with Crippen LogP contribution in [0.1, 0.15) is 20.3 Å². The van der Waals surface area contributed by atoms with Crippen molar-refractivity contribution < 1.29 is 24.2 Å². The van der Waals surface area contributed by atoms with E-state index in [1.165, 1.54) is 14.0 Å². The molecule has 0 saturated heterocycles. The number of carbonyl (C=O) groups is 3. The first kappa shape index (κ1) is 17.2. The molecular weight excluding hydrogens is 254 g/mol. The normalized spacial score (nSPS) is 13.2. The molecule has 0 rings (SSSR count). The van der Waals surface area contributed by atoms with E-state index in [-0.39, 0.29) is 12.5 Å². The van der Waals surface area contributed by atoms with Crippen LogP contribution in [0.25, 0.3) is 0 Å². The minimum Gasteiger partial charge on any atom is -0.479 e. The van der Waals surface area contributed by atoms with Crippen LogP contribution in [-0.2, 0) is 14.3 Å². The maximum absolute atomic E-state index is 11.5. The maximum atomic E-state index is 11.5. The van der Waals surface area contributed by atoms with Gasteiger partial charge >= 0.3 is 12.0 Å². The highest BCUT2D eigenvalue weighted by molar-refractivity contribution is 5.86. The zero-order valence-corrected chi connectivity index (χ0v) is 11.4. The highest BCUT2D eigenvalue weighted by atomic mass is 16.5. The van der Waals surface area contributed by atoms with E-state index in [4.69, 9.17) is 5.11 Å². The lowest BCUT2D eigenvalue weighted by Crippen LogP contribution is -2.50. The molecule has 0 saturated carbocycles. The molecule has 19 heavy (non-hydrogen) atoms. The lowest BCUT2D eigenvalue weighted by molar-refractivity contribution is -0.148. The number of hydrogen-bond acceptors (Lipinski definition) is 4. The Hall–Kier alpha value is -1.83. The van der Waals surface area contributed by atoms with Gasteiger partial charge in [-0.1, -0.05) is 6.92 Å². The summed E-state index contributed by atoms with van der Waals surface area (Å²) in [6.07, 6.45) is -0.311. The molecule has 0 aliphatic carbocycles. The number of nitrogens with one attached hydrogen (secondary N) is 3. The van der Waals surface area contributed by atoms with Crippen LogP contribution in [0.5, 0.6) is 0 Å². The minimum absolute atomic E-state index is 0.180. The first-order valence-corrected chi connectivity index (χ1v) is 6.00. The summed E-state index contributed by atoms with van der Waals surface area (Å²) in [6, 6.07) is -1.32. The van der Waals surface area contributed by atoms with Crippen LogP contribution < -0.4 is 16.0 Å². The van der Waals surface area contributed by atoms with Crippen molar-refractivity contribution in [3.63, 3.8) is 0 Å². The molecule has 110 valence electrons. The van der Waals surface area contributed by atoms with Gasteiger partial charge in [0.2, 0.25) is 5.91 Å². The lowest BCUT2D eigenvalue weighted by atomic mass is 10.3. The first-order chi connectivity index (χ1) is 8.92. The number of carboxylic acid groups (broad SMARTS) is 1. The van der Waals surface area contributed by atoms with Crippen molar-refractivity contribution in [1.29, 1.82) is 0 Å². The van der Waals surface area contributed by atoms with Crippen LogP contribution in [0.4, 0.5) is 4.79 Å². The molecule has 0 aromatic carbocycles. The number of methoxy groups -OCH3 is 1. The summed E-state index contributed by atoms with van der Waals surface area (Å²) in [7, 11) is 1.24. The summed E-state index contributed by atoms with van der Waals surface area (Å²) in [5.41, 5.74) is 0. The predicted molar refractivity (Wildman–Crippen MR) is 67.7 cm³/mol. The molecule has 2 unspecified atom stereocenters. The Morgan fingerprint density at radius 2 is 1.89 bits per heavy atom. The van der Waals surface area contributed by atoms with Gasteiger partial charge in [-0.15, -0.1) is 0 Å². The summed E-state index contributed by atoms with van der Waals surface area (Å²) >= 11 is 0. The second-order valence-electron chi connectivity index (χ2n) is 3.93. The number of carbonyl (C=O) groups excluding carboxylic acids is 2. The summed E-state index contributed by atoms with van der Waals surface area (Å²) in [6.45, 7) is 3.82. The fourth-order valence-electron chi connectivity index (χ4n) is 1.17. The van der Waals surface area contributed by atoms with Crippen molar-refractivity contribution in [2.45, 2.75) is 32.4 Å². The molecule has 8 heteroatoms. The van der Waals surface area contributed by atoms with Crippen LogP contribution in [0.2, 0.25) is 0 Å². The van der Waals surface area contributed by atoms with Gasteiger partial charge in [0.05, 0.1) is 6.54 Å². The number of hydrogen-bond donors (Lipinski definition) is 4. The topological polar surface area (TPSA) is 117 Å². The Bertz CT molecular complexity index is 321. The second-order valence-corrected chi connectivity index (χ2v) is 3.93. The van der Waals surface area contributed by atoms with Crippen LogP contribution in [0.3, 0.4) is 0 Å². The SMILES string of the molecule is CCCNC(=O)C(C)NC(=O)NCC(OC)C(=O)O. The molecule has 0 fully saturated rings. The van der Waals surface area contributed by atoms with E-state index in [0.29, 0.717) is 6.54 Å². The molecule has 0 aliphatic heterocycles. The van der Waals surface area contributed by atoms with Gasteiger partial charge in [-0.2, -0.15) is 0 Å². The van der Waals surface area contributed by atoms with Gasteiger partial charge in [-0.3, -0.25) is 4.79 Å². The van der Waals surface area contributed by atoms with E-state index in [9.17, 15) is 14.4 Å². The monoisotopic (exact) mass is 275 g/mol. The van der Waals surface area contributed by atoms with Crippen molar-refractivity contribution in [2.75, 3.05) is 20.2 Å². The zero-order chi connectivity index (χ0) is 14.8. The van der Waals surface area contributed by atoms with E-state index in [1.807, 2.05) is 6.92 Å². The van der Waals surface area contributed by atoms with Crippen molar-refractivity contribution in [1.82, 2.24) is 16.0 Å². The van der Waals surface area contributed by atoms with Crippen molar-refractivity contribution >= 4 is 17.9 Å². The number of rotatable bonds is 8. The van der Waals surface area contributed by atoms with Crippen molar-refractivity contribution in [2.24, 2.45) is 0 Å². The quantitative estimate of drug-likeness (QED) is 0.467. The highest BCUT2D eigenvalue weighted by Gasteiger charge is 2.19. The van der Waals surface area contributed by atoms with Crippen LogP contribution in [0, 0.1) is 0 Å². The Morgan fingerprint density at radius 1 is 1.26 bits per heavy atom. The first-order valence-electron chi connectivity index (χ1n) is 6.00. The number of urea groups is 1. The van der Waals surface area contributed by atoms with Crippen LogP contribution in [-0.4, -0.2) is 55.4 Å². The molecule has 2 atom stereocenters. The standard InChI is InChI=1S/C11H21N3O5/c1-4-5-12-9(15)7(2)14-11(18)13-6-8(19-3)10(16)17/h7-8H,4-6H2,1-3H3,(H,12,15)(H,16,17)(H2,13,14,18). The molecule has 0 bridgehead atoms. The third-order valence-corrected chi connectivity index (χ3v) is 2.30. The van der Waals surface area contributed by atoms with E-state index in [0.717, 1.165) is 6.42 Å². The van der Waals surface area contributed by atoms with E-state index < -0.39 is 24.1 Å². The highest BCUT2D eigenvalue weighted by Crippen LogP contribution is 1.88. The number of amides is 3. The lowest BCUT2D eigenvalue weighted by Gasteiger charge is -2.16. The Labute approximate surface area is 111 Å². The predicted octanol–water partition coefficient (Wildman–Crippen LogP) is -0.700. The third kappa shape index (κ3) is 7.24. The second kappa shape index (κ2) is 9.15. The molecule has 0 aliphatic rings. The molecule has 3 amide bonds. The molecule has 0 radical (unpaired) electrons. The molecule has 4 N–H and O–H groups in total. The smallest absolute Gasteiger partial charge is 0.334 e. The average Bonchev–Trinajstić information content (AvgIpc) is 2.35. The molecule has 0 aromatic heterocycles. The summed E-state index contributed by atoms with van der Waals surface area (Å²) < 4.78 is 4.65. The number of carboxylic acids is 1. The van der Waals surface area contributed by atoms with Crippen LogP contribution >= 0.6 is 0 Å². The van der Waals surface area contributed by atoms with Gasteiger partial charge in [0.1, 0.15) is 6.04 Å². The van der Waals surface area contributed by atoms with E-state index >= 15 is 0 Å². The molecule has 8 nitrogen and oxygen atoms in total. The zero-order valence-electron chi connectivity index (χ0n) is 11.4. The fourth-order valence-corrected chi connectivity index (χ4v) is 1.17. The summed E-state index contributed by atoms with van der Waals surface area (Å²) in [4.78, 5) is 33.5. The van der Waals surface area contributed by atoms with Gasteiger partial charge < -0.3 is 25.8 Å². The van der Waals surface area contributed by atoms with Gasteiger partial charge in [0.25, 0.3) is 0 Å². The summed E-state index contributed by atoms with van der Waals surface area (Å²) in [5, 5.41) is 16.0. The van der Waals surface area contributed by atoms with Crippen molar-refractivity contribution in [3.8, 4) is 0 Å². The van der Waals surface area contributed by atoms with Crippen molar-refractivity contribution in [3.05, 3.63) is 0 Å².